The summed E-state index contributed by atoms with van der Waals surface area (Å²) in [6.45, 7) is 1.70. The van der Waals surface area contributed by atoms with E-state index < -0.39 is 0 Å². The van der Waals surface area contributed by atoms with Gasteiger partial charge in [0.25, 0.3) is 0 Å². The molecule has 7 heteroatoms. The van der Waals surface area contributed by atoms with E-state index in [-0.39, 0.29) is 0 Å². The highest BCUT2D eigenvalue weighted by Crippen LogP contribution is 2.33. The molecule has 1 fully saturated rings. The summed E-state index contributed by atoms with van der Waals surface area (Å²) in [5.41, 5.74) is 1.30. The Bertz CT molecular complexity index is 928. The molecule has 1 unspecified atom stereocenters. The Morgan fingerprint density at radius 2 is 2.08 bits per heavy atom. The Morgan fingerprint density at radius 1 is 1.27 bits per heavy atom. The van der Waals surface area contributed by atoms with E-state index in [4.69, 9.17) is 26.5 Å². The van der Waals surface area contributed by atoms with E-state index in [9.17, 15) is 0 Å². The first-order valence-electron chi connectivity index (χ1n) is 8.73. The van der Waals surface area contributed by atoms with E-state index in [0.717, 1.165) is 30.3 Å². The van der Waals surface area contributed by atoms with Gasteiger partial charge in [0.05, 0.1) is 20.0 Å². The van der Waals surface area contributed by atoms with E-state index in [1.165, 1.54) is 12.0 Å². The molecule has 1 aliphatic rings. The van der Waals surface area contributed by atoms with Gasteiger partial charge in [-0.1, -0.05) is 12.1 Å². The molecule has 0 amide bonds. The van der Waals surface area contributed by atoms with Crippen LogP contribution in [-0.4, -0.2) is 32.9 Å². The molecule has 6 nitrogen and oxygen atoms in total. The molecule has 1 saturated heterocycles. The van der Waals surface area contributed by atoms with Crippen LogP contribution in [0.25, 0.3) is 11.6 Å². The average Bonchev–Trinajstić information content (AvgIpc) is 3.40. The molecule has 0 spiro atoms. The normalized spacial score (nSPS) is 17.7. The van der Waals surface area contributed by atoms with Crippen molar-refractivity contribution in [2.24, 2.45) is 7.05 Å². The number of hydrogen-bond acceptors (Lipinski definition) is 5. The summed E-state index contributed by atoms with van der Waals surface area (Å²) >= 11 is 5.59. The zero-order valence-corrected chi connectivity index (χ0v) is 15.8. The maximum atomic E-state index is 5.59. The summed E-state index contributed by atoms with van der Waals surface area (Å²) in [4.78, 5) is 2.43. The van der Waals surface area contributed by atoms with E-state index in [0.29, 0.717) is 17.5 Å². The lowest BCUT2D eigenvalue weighted by Gasteiger charge is -2.24. The fourth-order valence-electron chi connectivity index (χ4n) is 3.57. The van der Waals surface area contributed by atoms with Crippen LogP contribution in [0.1, 0.15) is 24.4 Å². The van der Waals surface area contributed by atoms with Crippen molar-refractivity contribution >= 4 is 12.2 Å². The number of furan rings is 1. The zero-order chi connectivity index (χ0) is 18.1. The van der Waals surface area contributed by atoms with Crippen LogP contribution in [0, 0.1) is 4.77 Å². The largest absolute Gasteiger partial charge is 0.497 e. The van der Waals surface area contributed by atoms with Gasteiger partial charge in [0, 0.05) is 19.6 Å². The van der Waals surface area contributed by atoms with Gasteiger partial charge in [-0.3, -0.25) is 4.90 Å². The van der Waals surface area contributed by atoms with Crippen molar-refractivity contribution < 1.29 is 9.15 Å². The van der Waals surface area contributed by atoms with Crippen molar-refractivity contribution in [3.63, 3.8) is 0 Å². The standard InChI is InChI=1S/C19H22N4O2S/c1-21-18(17-6-4-12-25-17)20-23(19(21)26)13-22-11-3-5-16(22)14-7-9-15(24-2)10-8-14/h4,6-10,12,16H,3,5,11,13H2,1-2H3. The third-order valence-corrected chi connectivity index (χ3v) is 5.45. The second-order valence-corrected chi connectivity index (χ2v) is 6.89. The number of likely N-dealkylation sites (tertiary alicyclic amines) is 1. The molecule has 3 aromatic rings. The third kappa shape index (κ3) is 3.08. The van der Waals surface area contributed by atoms with Gasteiger partial charge in [0.1, 0.15) is 5.75 Å². The Morgan fingerprint density at radius 3 is 2.77 bits per heavy atom. The zero-order valence-electron chi connectivity index (χ0n) is 15.0. The molecule has 1 aromatic carbocycles. The van der Waals surface area contributed by atoms with Crippen LogP contribution in [0.4, 0.5) is 0 Å². The smallest absolute Gasteiger partial charge is 0.199 e. The van der Waals surface area contributed by atoms with Crippen molar-refractivity contribution in [2.45, 2.75) is 25.6 Å². The van der Waals surface area contributed by atoms with Gasteiger partial charge in [-0.25, -0.2) is 4.68 Å². The topological polar surface area (TPSA) is 48.4 Å². The molecule has 3 heterocycles. The minimum Gasteiger partial charge on any atom is -0.497 e. The number of hydrogen-bond donors (Lipinski definition) is 0. The summed E-state index contributed by atoms with van der Waals surface area (Å²) in [7, 11) is 3.62. The fraction of sp³-hybridized carbons (Fsp3) is 0.368. The second-order valence-electron chi connectivity index (χ2n) is 6.53. The summed E-state index contributed by atoms with van der Waals surface area (Å²) in [5.74, 6) is 2.36. The molecule has 2 aromatic heterocycles. The minimum atomic E-state index is 0.372. The predicted octanol–water partition coefficient (Wildman–Crippen LogP) is 4.01. The Labute approximate surface area is 157 Å². The summed E-state index contributed by atoms with van der Waals surface area (Å²) in [6.07, 6.45) is 3.96. The fourth-order valence-corrected chi connectivity index (χ4v) is 3.76. The number of nitrogens with zero attached hydrogens (tertiary/aromatic N) is 4. The maximum Gasteiger partial charge on any atom is 0.199 e. The highest BCUT2D eigenvalue weighted by molar-refractivity contribution is 7.71. The summed E-state index contributed by atoms with van der Waals surface area (Å²) in [6, 6.07) is 12.5. The third-order valence-electron chi connectivity index (χ3n) is 4.96. The van der Waals surface area contributed by atoms with E-state index >= 15 is 0 Å². The molecule has 136 valence electrons. The minimum absolute atomic E-state index is 0.372. The first-order chi connectivity index (χ1) is 12.7. The summed E-state index contributed by atoms with van der Waals surface area (Å²) < 4.78 is 15.2. The second kappa shape index (κ2) is 7.09. The molecule has 0 radical (unpaired) electrons. The molecular weight excluding hydrogens is 348 g/mol. The van der Waals surface area contributed by atoms with Gasteiger partial charge in [0.2, 0.25) is 0 Å². The molecular formula is C19H22N4O2S. The van der Waals surface area contributed by atoms with Crippen LogP contribution in [-0.2, 0) is 13.7 Å². The van der Waals surface area contributed by atoms with Crippen LogP contribution < -0.4 is 4.74 Å². The van der Waals surface area contributed by atoms with Gasteiger partial charge >= 0.3 is 0 Å². The summed E-state index contributed by atoms with van der Waals surface area (Å²) in [5, 5.41) is 4.69. The molecule has 26 heavy (non-hydrogen) atoms. The molecule has 4 rings (SSSR count). The molecule has 0 N–H and O–H groups in total. The van der Waals surface area contributed by atoms with Crippen molar-refractivity contribution in [3.05, 3.63) is 53.0 Å². The molecule has 1 atom stereocenters. The molecule has 0 saturated carbocycles. The van der Waals surface area contributed by atoms with Crippen molar-refractivity contribution in [2.75, 3.05) is 13.7 Å². The van der Waals surface area contributed by atoms with Crippen LogP contribution in [0.2, 0.25) is 0 Å². The van der Waals surface area contributed by atoms with Gasteiger partial charge in [-0.2, -0.15) is 0 Å². The number of methoxy groups -OCH3 is 1. The lowest BCUT2D eigenvalue weighted by molar-refractivity contribution is 0.190. The number of benzene rings is 1. The Kier molecular flexibility index (Phi) is 4.65. The average molecular weight is 370 g/mol. The highest BCUT2D eigenvalue weighted by Gasteiger charge is 2.27. The van der Waals surface area contributed by atoms with E-state index in [2.05, 4.69) is 17.0 Å². The number of rotatable bonds is 5. The van der Waals surface area contributed by atoms with Crippen molar-refractivity contribution in [1.29, 1.82) is 0 Å². The first-order valence-corrected chi connectivity index (χ1v) is 9.14. The maximum absolute atomic E-state index is 5.59. The van der Waals surface area contributed by atoms with Gasteiger partial charge in [-0.05, 0) is 54.9 Å². The highest BCUT2D eigenvalue weighted by atomic mass is 32.1. The van der Waals surface area contributed by atoms with Crippen molar-refractivity contribution in [1.82, 2.24) is 19.2 Å². The van der Waals surface area contributed by atoms with Crippen LogP contribution in [0.5, 0.6) is 5.75 Å². The quantitative estimate of drug-likeness (QED) is 0.635. The lowest BCUT2D eigenvalue weighted by Crippen LogP contribution is -2.27. The monoisotopic (exact) mass is 370 g/mol. The van der Waals surface area contributed by atoms with Gasteiger partial charge < -0.3 is 13.7 Å². The number of aromatic nitrogens is 3. The molecule has 1 aliphatic heterocycles. The lowest BCUT2D eigenvalue weighted by atomic mass is 10.0. The molecule has 0 aliphatic carbocycles. The van der Waals surface area contributed by atoms with Crippen LogP contribution >= 0.6 is 12.2 Å². The Balaban J connectivity index is 1.58. The van der Waals surface area contributed by atoms with E-state index in [1.54, 1.807) is 13.4 Å². The van der Waals surface area contributed by atoms with Crippen LogP contribution in [0.3, 0.4) is 0 Å². The first kappa shape index (κ1) is 17.1. The number of ether oxygens (including phenoxy) is 1. The van der Waals surface area contributed by atoms with Crippen LogP contribution in [0.15, 0.2) is 47.1 Å². The van der Waals surface area contributed by atoms with Gasteiger partial charge in [-0.15, -0.1) is 5.10 Å². The molecule has 0 bridgehead atoms. The van der Waals surface area contributed by atoms with Gasteiger partial charge in [0.15, 0.2) is 16.4 Å². The predicted molar refractivity (Wildman–Crippen MR) is 101 cm³/mol. The SMILES string of the molecule is COc1ccc(C2CCCN2Cn2nc(-c3ccco3)n(C)c2=S)cc1. The van der Waals surface area contributed by atoms with Crippen molar-refractivity contribution in [3.8, 4) is 17.3 Å². The van der Waals surface area contributed by atoms with E-state index in [1.807, 2.05) is 40.6 Å². The Hall–Kier alpha value is -2.38.